The van der Waals surface area contributed by atoms with Crippen LogP contribution in [-0.4, -0.2) is 87.1 Å². The molecule has 2 aliphatic heterocycles. The number of halogens is 3. The summed E-state index contributed by atoms with van der Waals surface area (Å²) in [4.78, 5) is 32.1. The van der Waals surface area contributed by atoms with Gasteiger partial charge in [-0.2, -0.15) is 0 Å². The van der Waals surface area contributed by atoms with Crippen molar-refractivity contribution in [2.24, 2.45) is 5.92 Å². The predicted octanol–water partition coefficient (Wildman–Crippen LogP) is 4.30. The first-order valence-electron chi connectivity index (χ1n) is 16.3. The minimum absolute atomic E-state index is 0. The Bertz CT molecular complexity index is 1450. The van der Waals surface area contributed by atoms with Crippen LogP contribution in [0.15, 0.2) is 48.5 Å². The van der Waals surface area contributed by atoms with E-state index in [2.05, 4.69) is 46.2 Å². The van der Waals surface area contributed by atoms with Gasteiger partial charge in [0.05, 0.1) is 12.3 Å². The standard InChI is InChI=1S/C34H48ClN5O4S.2ClH/c1-34(2)28-12-8-7-11-26(28)22-29(38-34)32(41)37-30(21-24-13-15-27(35)16-14-24)33(42)40-19-17-39(18-20-40)31(23-36-45(3,43)44)25-9-5-4-6-10-25;;/h7-8,11-16,25,29-31,36,38H,4-6,9-10,17-23H2,1-3H3,(H,37,41);2*1H. The van der Waals surface area contributed by atoms with Crippen LogP contribution in [0.25, 0.3) is 0 Å². The molecule has 3 aliphatic rings. The highest BCUT2D eigenvalue weighted by atomic mass is 35.5. The molecule has 3 atom stereocenters. The zero-order chi connectivity index (χ0) is 32.2. The van der Waals surface area contributed by atoms with E-state index in [1.54, 1.807) is 12.1 Å². The molecule has 3 N–H and O–H groups in total. The Balaban J connectivity index is 0.00000300. The van der Waals surface area contributed by atoms with Crippen molar-refractivity contribution in [2.75, 3.05) is 39.0 Å². The molecule has 2 heterocycles. The maximum atomic E-state index is 14.1. The predicted molar refractivity (Wildman–Crippen MR) is 193 cm³/mol. The van der Waals surface area contributed by atoms with Crippen molar-refractivity contribution in [3.05, 3.63) is 70.2 Å². The minimum Gasteiger partial charge on any atom is -0.343 e. The van der Waals surface area contributed by atoms with Gasteiger partial charge in [-0.25, -0.2) is 13.1 Å². The number of sulfonamides is 1. The fourth-order valence-electron chi connectivity index (χ4n) is 7.42. The molecule has 47 heavy (non-hydrogen) atoms. The maximum Gasteiger partial charge on any atom is 0.245 e. The number of amides is 2. The van der Waals surface area contributed by atoms with Crippen molar-refractivity contribution in [3.8, 4) is 0 Å². The molecule has 2 fully saturated rings. The first-order valence-corrected chi connectivity index (χ1v) is 18.5. The van der Waals surface area contributed by atoms with Gasteiger partial charge < -0.3 is 10.2 Å². The van der Waals surface area contributed by atoms with Crippen molar-refractivity contribution in [3.63, 3.8) is 0 Å². The van der Waals surface area contributed by atoms with E-state index in [-0.39, 0.29) is 48.2 Å². The van der Waals surface area contributed by atoms with Crippen molar-refractivity contribution in [1.29, 1.82) is 0 Å². The van der Waals surface area contributed by atoms with E-state index in [9.17, 15) is 18.0 Å². The largest absolute Gasteiger partial charge is 0.343 e. The van der Waals surface area contributed by atoms with Gasteiger partial charge in [0.2, 0.25) is 21.8 Å². The highest BCUT2D eigenvalue weighted by Crippen LogP contribution is 2.31. The first-order chi connectivity index (χ1) is 21.4. The zero-order valence-electron chi connectivity index (χ0n) is 27.5. The van der Waals surface area contributed by atoms with Crippen LogP contribution in [0.2, 0.25) is 5.02 Å². The Morgan fingerprint density at radius 3 is 2.26 bits per heavy atom. The van der Waals surface area contributed by atoms with E-state index in [1.807, 2.05) is 29.2 Å². The second-order valence-electron chi connectivity index (χ2n) is 13.5. The molecule has 5 rings (SSSR count). The Labute approximate surface area is 297 Å². The number of benzene rings is 2. The fraction of sp³-hybridized carbons (Fsp3) is 0.588. The number of nitrogens with zero attached hydrogens (tertiary/aromatic N) is 2. The number of fused-ring (bicyclic) bond motifs is 1. The van der Waals surface area contributed by atoms with Gasteiger partial charge in [0.1, 0.15) is 6.04 Å². The molecule has 1 saturated carbocycles. The lowest BCUT2D eigenvalue weighted by Gasteiger charge is -2.44. The number of carbonyl (C=O) groups is 2. The molecule has 0 bridgehead atoms. The Hall–Kier alpha value is -1.92. The highest BCUT2D eigenvalue weighted by molar-refractivity contribution is 7.88. The summed E-state index contributed by atoms with van der Waals surface area (Å²) in [5.74, 6) is 0.147. The van der Waals surface area contributed by atoms with Crippen LogP contribution < -0.4 is 15.4 Å². The summed E-state index contributed by atoms with van der Waals surface area (Å²) in [6.45, 7) is 6.91. The summed E-state index contributed by atoms with van der Waals surface area (Å²) in [5.41, 5.74) is 2.85. The van der Waals surface area contributed by atoms with E-state index in [1.165, 1.54) is 31.1 Å². The summed E-state index contributed by atoms with van der Waals surface area (Å²) in [7, 11) is -3.30. The maximum absolute atomic E-state index is 14.1. The van der Waals surface area contributed by atoms with Crippen LogP contribution >= 0.6 is 36.4 Å². The Kier molecular flexibility index (Phi) is 14.4. The van der Waals surface area contributed by atoms with E-state index in [0.717, 1.165) is 24.0 Å². The van der Waals surface area contributed by atoms with Gasteiger partial charge in [-0.1, -0.05) is 67.3 Å². The molecular formula is C34H50Cl3N5O4S. The van der Waals surface area contributed by atoms with Gasteiger partial charge in [-0.15, -0.1) is 24.8 Å². The molecule has 0 radical (unpaired) electrons. The van der Waals surface area contributed by atoms with Gasteiger partial charge in [0.25, 0.3) is 0 Å². The second kappa shape index (κ2) is 17.1. The average molecular weight is 731 g/mol. The molecule has 13 heteroatoms. The number of hydrogen-bond acceptors (Lipinski definition) is 6. The lowest BCUT2D eigenvalue weighted by molar-refractivity contribution is -0.139. The quantitative estimate of drug-likeness (QED) is 0.337. The van der Waals surface area contributed by atoms with Crippen molar-refractivity contribution >= 4 is 58.3 Å². The van der Waals surface area contributed by atoms with Crippen LogP contribution in [0.3, 0.4) is 0 Å². The van der Waals surface area contributed by atoms with Gasteiger partial charge in [0.15, 0.2) is 0 Å². The number of nitrogens with one attached hydrogen (secondary N) is 3. The van der Waals surface area contributed by atoms with E-state index >= 15 is 0 Å². The third-order valence-electron chi connectivity index (χ3n) is 9.78. The second-order valence-corrected chi connectivity index (χ2v) is 15.8. The number of rotatable bonds is 10. The zero-order valence-corrected chi connectivity index (χ0v) is 30.7. The van der Waals surface area contributed by atoms with Crippen LogP contribution in [0.5, 0.6) is 0 Å². The van der Waals surface area contributed by atoms with Crippen molar-refractivity contribution in [1.82, 2.24) is 25.2 Å². The third-order valence-corrected chi connectivity index (χ3v) is 10.7. The molecule has 1 saturated heterocycles. The van der Waals surface area contributed by atoms with Gasteiger partial charge in [-0.05, 0) is 67.9 Å². The molecule has 2 amide bonds. The van der Waals surface area contributed by atoms with Crippen LogP contribution in [0, 0.1) is 5.92 Å². The van der Waals surface area contributed by atoms with Crippen LogP contribution in [-0.2, 0) is 38.0 Å². The SMILES string of the molecule is CC1(C)NC(C(=O)NC(Cc2ccc(Cl)cc2)C(=O)N2CCN(C(CNS(C)(=O)=O)C3CCCCC3)CC2)Cc2ccccc21.Cl.Cl. The molecular weight excluding hydrogens is 681 g/mol. The number of carbonyl (C=O) groups excluding carboxylic acids is 2. The lowest BCUT2D eigenvalue weighted by atomic mass is 9.82. The van der Waals surface area contributed by atoms with E-state index in [0.29, 0.717) is 56.5 Å². The normalized spacial score (nSPS) is 21.4. The van der Waals surface area contributed by atoms with Gasteiger partial charge in [-0.3, -0.25) is 19.8 Å². The van der Waals surface area contributed by atoms with Crippen molar-refractivity contribution in [2.45, 2.75) is 82.5 Å². The number of hydrogen-bond donors (Lipinski definition) is 3. The van der Waals surface area contributed by atoms with Crippen LogP contribution in [0.1, 0.15) is 62.6 Å². The van der Waals surface area contributed by atoms with Crippen molar-refractivity contribution < 1.29 is 18.0 Å². The van der Waals surface area contributed by atoms with Gasteiger partial charge >= 0.3 is 0 Å². The molecule has 1 aliphatic carbocycles. The summed E-state index contributed by atoms with van der Waals surface area (Å²) in [6, 6.07) is 14.5. The summed E-state index contributed by atoms with van der Waals surface area (Å²) in [6.07, 6.45) is 7.88. The topological polar surface area (TPSA) is 111 Å². The highest BCUT2D eigenvalue weighted by Gasteiger charge is 2.38. The molecule has 262 valence electrons. The molecule has 0 spiro atoms. The van der Waals surface area contributed by atoms with E-state index < -0.39 is 22.1 Å². The van der Waals surface area contributed by atoms with Crippen LogP contribution in [0.4, 0.5) is 0 Å². The Morgan fingerprint density at radius 1 is 0.979 bits per heavy atom. The Morgan fingerprint density at radius 2 is 1.62 bits per heavy atom. The average Bonchev–Trinajstić information content (AvgIpc) is 3.01. The molecule has 9 nitrogen and oxygen atoms in total. The molecule has 0 aromatic heterocycles. The third kappa shape index (κ3) is 10.5. The minimum atomic E-state index is -3.30. The summed E-state index contributed by atoms with van der Waals surface area (Å²) < 4.78 is 26.7. The fourth-order valence-corrected chi connectivity index (χ4v) is 8.02. The molecule has 2 aromatic carbocycles. The smallest absolute Gasteiger partial charge is 0.245 e. The monoisotopic (exact) mass is 729 g/mol. The molecule has 2 aromatic rings. The van der Waals surface area contributed by atoms with E-state index in [4.69, 9.17) is 11.6 Å². The lowest BCUT2D eigenvalue weighted by Crippen LogP contribution is -2.61. The summed E-state index contributed by atoms with van der Waals surface area (Å²) >= 11 is 6.13. The summed E-state index contributed by atoms with van der Waals surface area (Å²) in [5, 5.41) is 7.25. The first kappa shape index (κ1) is 39.5. The molecule has 3 unspecified atom stereocenters. The van der Waals surface area contributed by atoms with Gasteiger partial charge in [0, 0.05) is 55.7 Å². The number of piperazine rings is 1.